The third-order valence-corrected chi connectivity index (χ3v) is 6.06. The van der Waals surface area contributed by atoms with Crippen molar-refractivity contribution in [2.45, 2.75) is 20.3 Å². The smallest absolute Gasteiger partial charge is 0.329 e. The molecule has 0 saturated carbocycles. The van der Waals surface area contributed by atoms with E-state index in [0.717, 1.165) is 5.56 Å². The van der Waals surface area contributed by atoms with Crippen molar-refractivity contribution in [2.75, 3.05) is 23.8 Å². The summed E-state index contributed by atoms with van der Waals surface area (Å²) in [6.45, 7) is 3.89. The van der Waals surface area contributed by atoms with Crippen molar-refractivity contribution in [3.63, 3.8) is 0 Å². The van der Waals surface area contributed by atoms with Crippen molar-refractivity contribution < 1.29 is 23.9 Å². The van der Waals surface area contributed by atoms with Crippen LogP contribution in [0.25, 0.3) is 0 Å². The molecule has 0 aliphatic rings. The summed E-state index contributed by atoms with van der Waals surface area (Å²) in [6.07, 6.45) is 2.09. The van der Waals surface area contributed by atoms with Crippen molar-refractivity contribution in [3.8, 4) is 11.5 Å². The van der Waals surface area contributed by atoms with E-state index >= 15 is 0 Å². The van der Waals surface area contributed by atoms with Gasteiger partial charge in [-0.1, -0.05) is 42.8 Å². The van der Waals surface area contributed by atoms with E-state index in [2.05, 4.69) is 43.8 Å². The number of ether oxygens (including phenoxy) is 2. The quantitative estimate of drug-likeness (QED) is 0.124. The second kappa shape index (κ2) is 14.3. The number of aryl methyl sites for hydroxylation is 1. The molecule has 0 fully saturated rings. The van der Waals surface area contributed by atoms with Crippen LogP contribution in [-0.4, -0.2) is 37.1 Å². The van der Waals surface area contributed by atoms with Gasteiger partial charge in [-0.05, 0) is 83.5 Å². The van der Waals surface area contributed by atoms with E-state index in [4.69, 9.17) is 21.1 Å². The molecule has 0 atom stereocenters. The molecule has 0 unspecified atom stereocenters. The Kier molecular flexibility index (Phi) is 10.9. The SMILES string of the molecule is CCOc1cc(/C=N\NC(=O)C(=O)Nc2ccccc2CC)cc(I)c1OCC(=O)Nc1cccc(Cl)c1. The Morgan fingerprint density at radius 1 is 0.974 bits per heavy atom. The maximum atomic E-state index is 12.3. The topological polar surface area (TPSA) is 118 Å². The van der Waals surface area contributed by atoms with E-state index in [-0.39, 0.29) is 12.5 Å². The van der Waals surface area contributed by atoms with Gasteiger partial charge in [-0.15, -0.1) is 0 Å². The fourth-order valence-corrected chi connectivity index (χ4v) is 4.28. The highest BCUT2D eigenvalue weighted by Crippen LogP contribution is 2.34. The number of benzene rings is 3. The Labute approximate surface area is 239 Å². The van der Waals surface area contributed by atoms with Crippen LogP contribution < -0.4 is 25.5 Å². The predicted molar refractivity (Wildman–Crippen MR) is 156 cm³/mol. The van der Waals surface area contributed by atoms with E-state index in [0.29, 0.717) is 50.1 Å². The van der Waals surface area contributed by atoms with Gasteiger partial charge in [-0.25, -0.2) is 5.43 Å². The van der Waals surface area contributed by atoms with Gasteiger partial charge in [0.25, 0.3) is 5.91 Å². The van der Waals surface area contributed by atoms with E-state index in [1.54, 1.807) is 48.5 Å². The molecule has 0 radical (unpaired) electrons. The molecule has 38 heavy (non-hydrogen) atoms. The molecule has 9 nitrogen and oxygen atoms in total. The summed E-state index contributed by atoms with van der Waals surface area (Å²) in [4.78, 5) is 36.8. The summed E-state index contributed by atoms with van der Waals surface area (Å²) in [5.41, 5.74) is 4.86. The van der Waals surface area contributed by atoms with Crippen LogP contribution in [0, 0.1) is 3.57 Å². The molecule has 3 aromatic carbocycles. The maximum absolute atomic E-state index is 12.3. The molecule has 0 spiro atoms. The van der Waals surface area contributed by atoms with E-state index < -0.39 is 11.8 Å². The summed E-state index contributed by atoms with van der Waals surface area (Å²) in [6, 6.07) is 17.4. The standard InChI is InChI=1S/C27H26ClIN4O5/c1-3-18-8-5-6-11-22(18)32-26(35)27(36)33-30-15-17-12-21(29)25(23(13-17)37-4-2)38-16-24(34)31-20-10-7-9-19(28)14-20/h5-15H,3-4,16H2,1-2H3,(H,31,34)(H,32,35)(H,33,36)/b30-15-. The molecule has 0 heterocycles. The van der Waals surface area contributed by atoms with Gasteiger partial charge in [-0.3, -0.25) is 14.4 Å². The monoisotopic (exact) mass is 648 g/mol. The lowest BCUT2D eigenvalue weighted by Gasteiger charge is -2.14. The van der Waals surface area contributed by atoms with Crippen LogP contribution in [-0.2, 0) is 20.8 Å². The third-order valence-electron chi connectivity index (χ3n) is 5.02. The molecule has 3 aromatic rings. The zero-order chi connectivity index (χ0) is 27.5. The lowest BCUT2D eigenvalue weighted by molar-refractivity contribution is -0.136. The number of hydrogen-bond donors (Lipinski definition) is 3. The summed E-state index contributed by atoms with van der Waals surface area (Å²) >= 11 is 8.01. The molecule has 3 amide bonds. The molecule has 3 rings (SSSR count). The number of carbonyl (C=O) groups excluding carboxylic acids is 3. The van der Waals surface area contributed by atoms with E-state index in [1.165, 1.54) is 6.21 Å². The van der Waals surface area contributed by atoms with Crippen LogP contribution in [0.3, 0.4) is 0 Å². The fourth-order valence-electron chi connectivity index (χ4n) is 3.31. The number of carbonyl (C=O) groups is 3. The Balaban J connectivity index is 1.62. The van der Waals surface area contributed by atoms with Crippen LogP contribution >= 0.6 is 34.2 Å². The molecule has 0 aliphatic heterocycles. The minimum atomic E-state index is -0.905. The number of hydrazone groups is 1. The van der Waals surface area contributed by atoms with Crippen molar-refractivity contribution in [1.29, 1.82) is 0 Å². The highest BCUT2D eigenvalue weighted by atomic mass is 127. The van der Waals surface area contributed by atoms with Gasteiger partial charge >= 0.3 is 11.8 Å². The first kappa shape index (κ1) is 28.9. The number of nitrogens with zero attached hydrogens (tertiary/aromatic N) is 1. The van der Waals surface area contributed by atoms with Crippen molar-refractivity contribution in [2.24, 2.45) is 5.10 Å². The molecule has 3 N–H and O–H groups in total. The molecule has 11 heteroatoms. The molecular weight excluding hydrogens is 623 g/mol. The van der Waals surface area contributed by atoms with E-state index in [1.807, 2.05) is 26.0 Å². The first-order valence-corrected chi connectivity index (χ1v) is 13.1. The summed E-state index contributed by atoms with van der Waals surface area (Å²) in [5.74, 6) is -1.30. The van der Waals surface area contributed by atoms with Gasteiger partial charge in [0, 0.05) is 16.4 Å². The highest BCUT2D eigenvalue weighted by molar-refractivity contribution is 14.1. The Hall–Kier alpha value is -3.64. The van der Waals surface area contributed by atoms with Gasteiger partial charge in [0.15, 0.2) is 18.1 Å². The van der Waals surface area contributed by atoms with Crippen molar-refractivity contribution >= 4 is 69.5 Å². The fraction of sp³-hybridized carbons (Fsp3) is 0.185. The highest BCUT2D eigenvalue weighted by Gasteiger charge is 2.16. The molecule has 0 bridgehead atoms. The number of hydrogen-bond acceptors (Lipinski definition) is 6. The predicted octanol–water partition coefficient (Wildman–Crippen LogP) is 5.01. The van der Waals surface area contributed by atoms with Gasteiger partial charge < -0.3 is 20.1 Å². The number of nitrogens with one attached hydrogen (secondary N) is 3. The number of halogens is 2. The lowest BCUT2D eigenvalue weighted by atomic mass is 10.1. The van der Waals surface area contributed by atoms with Crippen molar-refractivity contribution in [1.82, 2.24) is 5.43 Å². The number of amides is 3. The van der Waals surface area contributed by atoms with Crippen LogP contribution in [0.4, 0.5) is 11.4 Å². The Bertz CT molecular complexity index is 1350. The lowest BCUT2D eigenvalue weighted by Crippen LogP contribution is -2.32. The number of anilines is 2. The van der Waals surface area contributed by atoms with Gasteiger partial charge in [-0.2, -0.15) is 5.10 Å². The molecule has 198 valence electrons. The summed E-state index contributed by atoms with van der Waals surface area (Å²) < 4.78 is 12.1. The average molecular weight is 649 g/mol. The summed E-state index contributed by atoms with van der Waals surface area (Å²) in [5, 5.41) is 9.70. The van der Waals surface area contributed by atoms with Gasteiger partial charge in [0.05, 0.1) is 16.4 Å². The minimum Gasteiger partial charge on any atom is -0.490 e. The van der Waals surface area contributed by atoms with Crippen LogP contribution in [0.1, 0.15) is 25.0 Å². The summed E-state index contributed by atoms with van der Waals surface area (Å²) in [7, 11) is 0. The second-order valence-electron chi connectivity index (χ2n) is 7.77. The molecule has 0 aliphatic carbocycles. The Morgan fingerprint density at radius 2 is 1.76 bits per heavy atom. The third kappa shape index (κ3) is 8.45. The van der Waals surface area contributed by atoms with Gasteiger partial charge in [0.1, 0.15) is 0 Å². The molecule has 0 aromatic heterocycles. The largest absolute Gasteiger partial charge is 0.490 e. The number of para-hydroxylation sites is 1. The Morgan fingerprint density at radius 3 is 2.50 bits per heavy atom. The van der Waals surface area contributed by atoms with Crippen LogP contribution in [0.2, 0.25) is 5.02 Å². The molecule has 0 saturated heterocycles. The van der Waals surface area contributed by atoms with Crippen LogP contribution in [0.5, 0.6) is 11.5 Å². The first-order valence-electron chi connectivity index (χ1n) is 11.7. The zero-order valence-electron chi connectivity index (χ0n) is 20.7. The molecular formula is C27H26ClIN4O5. The minimum absolute atomic E-state index is 0.248. The van der Waals surface area contributed by atoms with E-state index in [9.17, 15) is 14.4 Å². The first-order chi connectivity index (χ1) is 18.3. The normalized spacial score (nSPS) is 10.6. The van der Waals surface area contributed by atoms with Crippen LogP contribution in [0.15, 0.2) is 65.8 Å². The second-order valence-corrected chi connectivity index (χ2v) is 9.37. The average Bonchev–Trinajstić information content (AvgIpc) is 2.88. The van der Waals surface area contributed by atoms with Crippen molar-refractivity contribution in [3.05, 3.63) is 80.4 Å². The van der Waals surface area contributed by atoms with Gasteiger partial charge in [0.2, 0.25) is 0 Å². The number of rotatable bonds is 10. The zero-order valence-corrected chi connectivity index (χ0v) is 23.6. The maximum Gasteiger partial charge on any atom is 0.329 e.